The first-order chi connectivity index (χ1) is 11.2. The van der Waals surface area contributed by atoms with Crippen LogP contribution in [-0.2, 0) is 9.59 Å². The number of carbonyl (C=O) groups is 2. The molecule has 1 aromatic heterocycles. The van der Waals surface area contributed by atoms with Gasteiger partial charge in [0, 0.05) is 13.1 Å². The van der Waals surface area contributed by atoms with Crippen LogP contribution >= 0.6 is 34.9 Å². The van der Waals surface area contributed by atoms with E-state index in [1.807, 2.05) is 0 Å². The van der Waals surface area contributed by atoms with E-state index in [2.05, 4.69) is 20.8 Å². The Labute approximate surface area is 148 Å². The Morgan fingerprint density at radius 3 is 1.78 bits per heavy atom. The Hall–Kier alpha value is -0.800. The molecule has 0 spiro atoms. The predicted octanol–water partition coefficient (Wildman–Crippen LogP) is 2.06. The van der Waals surface area contributed by atoms with Crippen LogP contribution in [-0.4, -0.2) is 45.6 Å². The number of hydrogen-bond acceptors (Lipinski definition) is 7. The first-order valence-electron chi connectivity index (χ1n) is 7.94. The fourth-order valence-corrected chi connectivity index (χ4v) is 6.22. The third kappa shape index (κ3) is 4.84. The summed E-state index contributed by atoms with van der Waals surface area (Å²) in [5.41, 5.74) is 0. The summed E-state index contributed by atoms with van der Waals surface area (Å²) in [7, 11) is 0. The average molecular weight is 373 g/mol. The summed E-state index contributed by atoms with van der Waals surface area (Å²) in [5, 5.41) is 14.1. The number of nitrogens with one attached hydrogen (secondary N) is 2. The molecule has 0 unspecified atom stereocenters. The number of rotatable bonds is 4. The lowest BCUT2D eigenvalue weighted by Gasteiger charge is -2.10. The summed E-state index contributed by atoms with van der Waals surface area (Å²) in [6.45, 7) is 1.54. The molecule has 0 bridgehead atoms. The Kier molecular flexibility index (Phi) is 6.18. The maximum absolute atomic E-state index is 12.0. The fraction of sp³-hybridized carbons (Fsp3) is 0.714. The van der Waals surface area contributed by atoms with Crippen LogP contribution in [0.2, 0.25) is 0 Å². The first-order valence-corrected chi connectivity index (χ1v) is 10.5. The second-order valence-corrected chi connectivity index (χ2v) is 9.50. The van der Waals surface area contributed by atoms with Crippen molar-refractivity contribution in [2.24, 2.45) is 0 Å². The quantitative estimate of drug-likeness (QED) is 0.842. The van der Waals surface area contributed by atoms with E-state index in [0.29, 0.717) is 0 Å². The van der Waals surface area contributed by atoms with Crippen LogP contribution in [0.5, 0.6) is 0 Å². The van der Waals surface area contributed by atoms with Gasteiger partial charge in [-0.3, -0.25) is 9.59 Å². The van der Waals surface area contributed by atoms with Crippen LogP contribution in [0.1, 0.15) is 38.5 Å². The van der Waals surface area contributed by atoms with E-state index >= 15 is 0 Å². The highest BCUT2D eigenvalue weighted by Crippen LogP contribution is 2.36. The molecule has 2 aliphatic rings. The lowest BCUT2D eigenvalue weighted by atomic mass is 10.2. The monoisotopic (exact) mass is 372 g/mol. The highest BCUT2D eigenvalue weighted by Gasteiger charge is 2.26. The van der Waals surface area contributed by atoms with Crippen molar-refractivity contribution in [2.75, 3.05) is 13.1 Å². The van der Waals surface area contributed by atoms with Gasteiger partial charge in [0.1, 0.15) is 0 Å². The highest BCUT2D eigenvalue weighted by atomic mass is 32.2. The second kappa shape index (κ2) is 8.34. The van der Waals surface area contributed by atoms with Gasteiger partial charge in [-0.25, -0.2) is 0 Å². The van der Waals surface area contributed by atoms with Gasteiger partial charge in [0.25, 0.3) is 0 Å². The molecule has 6 nitrogen and oxygen atoms in total. The minimum absolute atomic E-state index is 0.0792. The van der Waals surface area contributed by atoms with E-state index < -0.39 is 0 Å². The van der Waals surface area contributed by atoms with Crippen LogP contribution in [0.25, 0.3) is 0 Å². The summed E-state index contributed by atoms with van der Waals surface area (Å²) in [6, 6.07) is 0. The molecular formula is C14H20N4O2S3. The van der Waals surface area contributed by atoms with Gasteiger partial charge in [0.2, 0.25) is 11.8 Å². The summed E-state index contributed by atoms with van der Waals surface area (Å²) >= 11 is 4.47. The van der Waals surface area contributed by atoms with Gasteiger partial charge in [-0.05, 0) is 25.7 Å². The van der Waals surface area contributed by atoms with Crippen LogP contribution in [0, 0.1) is 0 Å². The average Bonchev–Trinajstić information content (AvgIpc) is 2.74. The van der Waals surface area contributed by atoms with E-state index in [1.165, 1.54) is 34.9 Å². The van der Waals surface area contributed by atoms with Crippen molar-refractivity contribution in [3.05, 3.63) is 0 Å². The summed E-state index contributed by atoms with van der Waals surface area (Å²) in [4.78, 5) is 24.0. The molecule has 2 atom stereocenters. The highest BCUT2D eigenvalue weighted by molar-refractivity contribution is 8.04. The fourth-order valence-electron chi connectivity index (χ4n) is 2.58. The van der Waals surface area contributed by atoms with Gasteiger partial charge in [0.15, 0.2) is 8.68 Å². The molecule has 2 aliphatic heterocycles. The Morgan fingerprint density at radius 1 is 0.826 bits per heavy atom. The zero-order valence-corrected chi connectivity index (χ0v) is 15.2. The zero-order chi connectivity index (χ0) is 16.1. The number of nitrogens with zero attached hydrogens (tertiary/aromatic N) is 2. The predicted molar refractivity (Wildman–Crippen MR) is 92.9 cm³/mol. The summed E-state index contributed by atoms with van der Waals surface area (Å²) < 4.78 is 1.62. The second-order valence-electron chi connectivity index (χ2n) is 5.62. The van der Waals surface area contributed by atoms with Gasteiger partial charge < -0.3 is 10.6 Å². The van der Waals surface area contributed by atoms with E-state index in [9.17, 15) is 9.59 Å². The molecule has 126 valence electrons. The molecule has 2 amide bonds. The van der Waals surface area contributed by atoms with Crippen LogP contribution < -0.4 is 10.6 Å². The molecule has 2 fully saturated rings. The van der Waals surface area contributed by atoms with E-state index in [0.717, 1.165) is 60.3 Å². The van der Waals surface area contributed by atoms with E-state index in [-0.39, 0.29) is 22.3 Å². The summed E-state index contributed by atoms with van der Waals surface area (Å²) in [5.74, 6) is 0.195. The zero-order valence-electron chi connectivity index (χ0n) is 12.7. The number of aromatic nitrogens is 2. The van der Waals surface area contributed by atoms with E-state index in [1.54, 1.807) is 0 Å². The standard InChI is InChI=1S/C14H20N4O2S3/c19-11-9(5-1-3-7-15-11)21-13-17-18-14(23-13)22-10-6-2-4-8-16-12(10)20/h9-10H,1-8H2,(H,15,19)(H,16,20)/t9-,10-/m0/s1. The summed E-state index contributed by atoms with van der Waals surface area (Å²) in [6.07, 6.45) is 5.94. The molecule has 23 heavy (non-hydrogen) atoms. The molecule has 0 saturated carbocycles. The third-order valence-corrected chi connectivity index (χ3v) is 7.47. The van der Waals surface area contributed by atoms with Crippen molar-refractivity contribution in [1.29, 1.82) is 0 Å². The minimum atomic E-state index is -0.0792. The van der Waals surface area contributed by atoms with Crippen molar-refractivity contribution >= 4 is 46.7 Å². The number of thioether (sulfide) groups is 2. The van der Waals surface area contributed by atoms with Gasteiger partial charge >= 0.3 is 0 Å². The van der Waals surface area contributed by atoms with Crippen LogP contribution in [0.3, 0.4) is 0 Å². The van der Waals surface area contributed by atoms with Crippen molar-refractivity contribution in [3.63, 3.8) is 0 Å². The molecule has 1 aromatic rings. The lowest BCUT2D eigenvalue weighted by molar-refractivity contribution is -0.121. The lowest BCUT2D eigenvalue weighted by Crippen LogP contribution is -2.30. The van der Waals surface area contributed by atoms with Gasteiger partial charge in [-0.2, -0.15) is 0 Å². The van der Waals surface area contributed by atoms with E-state index in [4.69, 9.17) is 0 Å². The van der Waals surface area contributed by atoms with Crippen molar-refractivity contribution < 1.29 is 9.59 Å². The first kappa shape index (κ1) is 17.0. The molecule has 2 saturated heterocycles. The minimum Gasteiger partial charge on any atom is -0.355 e. The van der Waals surface area contributed by atoms with Gasteiger partial charge in [0.05, 0.1) is 10.5 Å². The molecule has 3 rings (SSSR count). The maximum Gasteiger partial charge on any atom is 0.233 e. The Balaban J connectivity index is 1.59. The topological polar surface area (TPSA) is 84.0 Å². The largest absolute Gasteiger partial charge is 0.355 e. The van der Waals surface area contributed by atoms with Gasteiger partial charge in [-0.1, -0.05) is 47.7 Å². The molecular weight excluding hydrogens is 352 g/mol. The smallest absolute Gasteiger partial charge is 0.233 e. The molecule has 0 aromatic carbocycles. The SMILES string of the molecule is O=C1NCCCC[C@@H]1Sc1nnc(S[C@H]2CCCCNC2=O)s1. The third-order valence-electron chi connectivity index (χ3n) is 3.84. The number of carbonyl (C=O) groups excluding carboxylic acids is 2. The van der Waals surface area contributed by atoms with Crippen molar-refractivity contribution in [1.82, 2.24) is 20.8 Å². The molecule has 2 N–H and O–H groups in total. The van der Waals surface area contributed by atoms with Crippen molar-refractivity contribution in [2.45, 2.75) is 57.7 Å². The maximum atomic E-state index is 12.0. The molecule has 0 radical (unpaired) electrons. The Bertz CT molecular complexity index is 519. The number of hydrogen-bond donors (Lipinski definition) is 2. The Morgan fingerprint density at radius 2 is 1.30 bits per heavy atom. The molecule has 9 heteroatoms. The normalized spacial score (nSPS) is 26.1. The van der Waals surface area contributed by atoms with Crippen LogP contribution in [0.15, 0.2) is 8.68 Å². The molecule has 0 aliphatic carbocycles. The number of amides is 2. The van der Waals surface area contributed by atoms with Crippen LogP contribution in [0.4, 0.5) is 0 Å². The van der Waals surface area contributed by atoms with Crippen molar-refractivity contribution in [3.8, 4) is 0 Å². The van der Waals surface area contributed by atoms with Gasteiger partial charge in [-0.15, -0.1) is 10.2 Å². The molecule has 3 heterocycles.